The summed E-state index contributed by atoms with van der Waals surface area (Å²) in [7, 11) is 1.58. The van der Waals surface area contributed by atoms with Crippen LogP contribution in [-0.4, -0.2) is 35.5 Å². The van der Waals surface area contributed by atoms with Gasteiger partial charge in [-0.05, 0) is 30.7 Å². The lowest BCUT2D eigenvalue weighted by molar-refractivity contribution is 0.0537. The number of ether oxygens (including phenoxy) is 1. The van der Waals surface area contributed by atoms with Gasteiger partial charge in [-0.15, -0.1) is 0 Å². The number of aromatic nitrogens is 1. The van der Waals surface area contributed by atoms with Crippen LogP contribution >= 0.6 is 11.6 Å². The zero-order chi connectivity index (χ0) is 16.1. The highest BCUT2D eigenvalue weighted by molar-refractivity contribution is 6.30. The van der Waals surface area contributed by atoms with Gasteiger partial charge in [0.05, 0.1) is 17.7 Å². The van der Waals surface area contributed by atoms with Gasteiger partial charge in [-0.2, -0.15) is 0 Å². The molecular formula is C16H18ClFN2O2. The number of nitrogens with one attached hydrogen (secondary N) is 1. The lowest BCUT2D eigenvalue weighted by Gasteiger charge is -2.28. The smallest absolute Gasteiger partial charge is 0.270 e. The van der Waals surface area contributed by atoms with Crippen LogP contribution < -0.4 is 0 Å². The van der Waals surface area contributed by atoms with Crippen LogP contribution in [0.25, 0.3) is 0 Å². The maximum atomic E-state index is 13.3. The Bertz CT molecular complexity index is 645. The van der Waals surface area contributed by atoms with E-state index in [1.54, 1.807) is 36.4 Å². The quantitative estimate of drug-likeness (QED) is 0.884. The van der Waals surface area contributed by atoms with Gasteiger partial charge in [0.2, 0.25) is 0 Å². The van der Waals surface area contributed by atoms with Gasteiger partial charge in [-0.3, -0.25) is 4.79 Å². The van der Waals surface area contributed by atoms with Crippen molar-refractivity contribution in [3.63, 3.8) is 0 Å². The Morgan fingerprint density at radius 2 is 2.23 bits per heavy atom. The first-order valence-corrected chi connectivity index (χ1v) is 7.27. The van der Waals surface area contributed by atoms with Crippen molar-refractivity contribution >= 4 is 17.5 Å². The van der Waals surface area contributed by atoms with E-state index in [0.29, 0.717) is 22.9 Å². The molecule has 6 heteroatoms. The summed E-state index contributed by atoms with van der Waals surface area (Å²) in [5, 5.41) is 0.466. The van der Waals surface area contributed by atoms with Gasteiger partial charge in [-0.25, -0.2) is 4.39 Å². The second-order valence-electron chi connectivity index (χ2n) is 5.10. The molecule has 0 bridgehead atoms. The third kappa shape index (κ3) is 4.08. The van der Waals surface area contributed by atoms with Crippen LogP contribution in [0.2, 0.25) is 5.02 Å². The first-order chi connectivity index (χ1) is 10.5. The zero-order valence-corrected chi connectivity index (χ0v) is 13.2. The number of carbonyl (C=O) groups is 1. The van der Waals surface area contributed by atoms with E-state index < -0.39 is 0 Å². The SMILES string of the molecule is COC[C@@H](C)N(Cc1cccc(F)c1)C(=O)c1cc(Cl)c[nH]1. The van der Waals surface area contributed by atoms with Crippen LogP contribution in [0.5, 0.6) is 0 Å². The van der Waals surface area contributed by atoms with Gasteiger partial charge < -0.3 is 14.6 Å². The molecule has 0 spiro atoms. The fraction of sp³-hybridized carbons (Fsp3) is 0.312. The highest BCUT2D eigenvalue weighted by atomic mass is 35.5. The Morgan fingerprint density at radius 3 is 2.82 bits per heavy atom. The molecule has 2 rings (SSSR count). The fourth-order valence-corrected chi connectivity index (χ4v) is 2.40. The summed E-state index contributed by atoms with van der Waals surface area (Å²) >= 11 is 5.85. The summed E-state index contributed by atoms with van der Waals surface area (Å²) in [6.45, 7) is 2.55. The van der Waals surface area contributed by atoms with Gasteiger partial charge in [0.25, 0.3) is 5.91 Å². The number of hydrogen-bond acceptors (Lipinski definition) is 2. The molecule has 1 amide bonds. The molecule has 0 aliphatic carbocycles. The number of methoxy groups -OCH3 is 1. The molecule has 0 aliphatic rings. The molecule has 0 aliphatic heterocycles. The van der Waals surface area contributed by atoms with E-state index >= 15 is 0 Å². The van der Waals surface area contributed by atoms with Crippen LogP contribution in [0.15, 0.2) is 36.5 Å². The third-order valence-corrected chi connectivity index (χ3v) is 3.54. The van der Waals surface area contributed by atoms with Crippen LogP contribution in [0.4, 0.5) is 4.39 Å². The molecular weight excluding hydrogens is 307 g/mol. The number of H-pyrrole nitrogens is 1. The topological polar surface area (TPSA) is 45.3 Å². The van der Waals surface area contributed by atoms with Crippen molar-refractivity contribution in [3.05, 3.63) is 58.6 Å². The second kappa shape index (κ2) is 7.42. The summed E-state index contributed by atoms with van der Waals surface area (Å²) in [6, 6.07) is 7.61. The average Bonchev–Trinajstić information content (AvgIpc) is 2.91. The molecule has 1 atom stereocenters. The summed E-state index contributed by atoms with van der Waals surface area (Å²) in [5.74, 6) is -0.534. The van der Waals surface area contributed by atoms with Gasteiger partial charge in [0.15, 0.2) is 0 Å². The average molecular weight is 325 g/mol. The van der Waals surface area contributed by atoms with Gasteiger partial charge in [0, 0.05) is 19.9 Å². The lowest BCUT2D eigenvalue weighted by Crippen LogP contribution is -2.40. The summed E-state index contributed by atoms with van der Waals surface area (Å²) in [6.07, 6.45) is 1.55. The minimum Gasteiger partial charge on any atom is -0.383 e. The monoisotopic (exact) mass is 324 g/mol. The number of halogens is 2. The maximum absolute atomic E-state index is 13.3. The molecule has 2 aromatic rings. The second-order valence-corrected chi connectivity index (χ2v) is 5.54. The van der Waals surface area contributed by atoms with Gasteiger partial charge >= 0.3 is 0 Å². The van der Waals surface area contributed by atoms with E-state index in [9.17, 15) is 9.18 Å². The highest BCUT2D eigenvalue weighted by Crippen LogP contribution is 2.16. The molecule has 4 nitrogen and oxygen atoms in total. The summed E-state index contributed by atoms with van der Waals surface area (Å²) in [4.78, 5) is 17.1. The largest absolute Gasteiger partial charge is 0.383 e. The minimum atomic E-state index is -0.327. The third-order valence-electron chi connectivity index (χ3n) is 3.32. The normalized spacial score (nSPS) is 12.2. The van der Waals surface area contributed by atoms with Crippen LogP contribution in [0.3, 0.4) is 0 Å². The van der Waals surface area contributed by atoms with Crippen LogP contribution in [-0.2, 0) is 11.3 Å². The van der Waals surface area contributed by atoms with Gasteiger partial charge in [0.1, 0.15) is 11.5 Å². The summed E-state index contributed by atoms with van der Waals surface area (Å²) in [5.41, 5.74) is 1.11. The van der Waals surface area contributed by atoms with Crippen LogP contribution in [0, 0.1) is 5.82 Å². The van der Waals surface area contributed by atoms with E-state index in [2.05, 4.69) is 4.98 Å². The molecule has 0 saturated heterocycles. The van der Waals surface area contributed by atoms with Gasteiger partial charge in [-0.1, -0.05) is 23.7 Å². The van der Waals surface area contributed by atoms with Crippen molar-refractivity contribution in [1.82, 2.24) is 9.88 Å². The fourth-order valence-electron chi connectivity index (χ4n) is 2.24. The number of nitrogens with zero attached hydrogens (tertiary/aromatic N) is 1. The molecule has 1 heterocycles. The van der Waals surface area contributed by atoms with Crippen molar-refractivity contribution in [2.75, 3.05) is 13.7 Å². The minimum absolute atomic E-state index is 0.164. The molecule has 22 heavy (non-hydrogen) atoms. The molecule has 1 aromatic heterocycles. The number of benzene rings is 1. The molecule has 0 fully saturated rings. The van der Waals surface area contributed by atoms with Crippen LogP contribution in [0.1, 0.15) is 23.0 Å². The van der Waals surface area contributed by atoms with Crippen molar-refractivity contribution in [3.8, 4) is 0 Å². The first-order valence-electron chi connectivity index (χ1n) is 6.89. The van der Waals surface area contributed by atoms with E-state index in [-0.39, 0.29) is 24.3 Å². The first kappa shape index (κ1) is 16.5. The molecule has 1 N–H and O–H groups in total. The Balaban J connectivity index is 2.24. The van der Waals surface area contributed by atoms with Crippen molar-refractivity contribution in [2.24, 2.45) is 0 Å². The molecule has 0 unspecified atom stereocenters. The number of aromatic amines is 1. The number of carbonyl (C=O) groups excluding carboxylic acids is 1. The predicted octanol–water partition coefficient (Wildman–Crippen LogP) is 3.48. The Kier molecular flexibility index (Phi) is 5.57. The highest BCUT2D eigenvalue weighted by Gasteiger charge is 2.23. The van der Waals surface area contributed by atoms with E-state index in [0.717, 1.165) is 0 Å². The molecule has 118 valence electrons. The molecule has 1 aromatic carbocycles. The van der Waals surface area contributed by atoms with Crippen molar-refractivity contribution in [2.45, 2.75) is 19.5 Å². The van der Waals surface area contributed by atoms with E-state index in [1.807, 2.05) is 6.92 Å². The van der Waals surface area contributed by atoms with E-state index in [4.69, 9.17) is 16.3 Å². The summed E-state index contributed by atoms with van der Waals surface area (Å²) < 4.78 is 18.5. The number of amides is 1. The lowest BCUT2D eigenvalue weighted by atomic mass is 10.1. The zero-order valence-electron chi connectivity index (χ0n) is 12.5. The maximum Gasteiger partial charge on any atom is 0.270 e. The Labute approximate surface area is 133 Å². The number of rotatable bonds is 6. The van der Waals surface area contributed by atoms with Crippen molar-refractivity contribution in [1.29, 1.82) is 0 Å². The molecule has 0 saturated carbocycles. The Morgan fingerprint density at radius 1 is 1.45 bits per heavy atom. The standard InChI is InChI=1S/C16H18ClFN2O2/c1-11(10-22-2)20(9-12-4-3-5-14(18)6-12)16(21)15-7-13(17)8-19-15/h3-8,11,19H,9-10H2,1-2H3/t11-/m1/s1. The predicted molar refractivity (Wildman–Crippen MR) is 83.4 cm³/mol. The van der Waals surface area contributed by atoms with E-state index in [1.165, 1.54) is 12.1 Å². The Hall–Kier alpha value is -1.85. The number of hydrogen-bond donors (Lipinski definition) is 1. The molecule has 0 radical (unpaired) electrons. The van der Waals surface area contributed by atoms with Crippen molar-refractivity contribution < 1.29 is 13.9 Å².